The van der Waals surface area contributed by atoms with Gasteiger partial charge in [0.05, 0.1) is 11.2 Å². The molecular weight excluding hydrogens is 288 g/mol. The molecule has 0 spiro atoms. The molecule has 1 heterocycles. The van der Waals surface area contributed by atoms with Gasteiger partial charge in [0.15, 0.2) is 5.54 Å². The topological polar surface area (TPSA) is 79.3 Å². The lowest BCUT2D eigenvalue weighted by Gasteiger charge is -2.29. The van der Waals surface area contributed by atoms with Gasteiger partial charge in [-0.05, 0) is 18.9 Å². The fourth-order valence-corrected chi connectivity index (χ4v) is 2.81. The van der Waals surface area contributed by atoms with E-state index >= 15 is 0 Å². The molecule has 1 amide bonds. The summed E-state index contributed by atoms with van der Waals surface area (Å²) < 4.78 is 0. The molecule has 0 aliphatic heterocycles. The number of nitrogens with one attached hydrogen (secondary N) is 1. The summed E-state index contributed by atoms with van der Waals surface area (Å²) in [5, 5.41) is 13.1. The summed E-state index contributed by atoms with van der Waals surface area (Å²) in [6.45, 7) is 3.53. The van der Waals surface area contributed by atoms with Crippen LogP contribution in [0.5, 0.6) is 0 Å². The van der Waals surface area contributed by atoms with Gasteiger partial charge in [0, 0.05) is 0 Å². The summed E-state index contributed by atoms with van der Waals surface area (Å²) in [5.41, 5.74) is -0.884. The Bertz CT molecular complexity index is 654. The molecule has 1 atom stereocenters. The van der Waals surface area contributed by atoms with E-state index in [4.69, 9.17) is 0 Å². The zero-order valence-corrected chi connectivity index (χ0v) is 12.6. The number of benzene rings is 1. The van der Waals surface area contributed by atoms with Gasteiger partial charge in [-0.3, -0.25) is 4.79 Å². The molecule has 0 saturated carbocycles. The number of carboxylic acid groups (broad SMARTS) is 1. The Morgan fingerprint density at radius 2 is 2.00 bits per heavy atom. The minimum Gasteiger partial charge on any atom is -0.479 e. The third-order valence-electron chi connectivity index (χ3n) is 3.33. The van der Waals surface area contributed by atoms with Crippen LogP contribution in [0.2, 0.25) is 0 Å². The van der Waals surface area contributed by atoms with Crippen molar-refractivity contribution in [3.05, 3.63) is 52.0 Å². The van der Waals surface area contributed by atoms with E-state index in [-0.39, 0.29) is 6.42 Å². The van der Waals surface area contributed by atoms with Gasteiger partial charge in [-0.1, -0.05) is 37.3 Å². The fourth-order valence-electron chi connectivity index (χ4n) is 2.14. The Labute approximate surface area is 126 Å². The third kappa shape index (κ3) is 2.95. The third-order valence-corrected chi connectivity index (χ3v) is 4.25. The van der Waals surface area contributed by atoms with Crippen LogP contribution in [0.4, 0.5) is 0 Å². The number of hydrogen-bond acceptors (Lipinski definition) is 4. The Kier molecular flexibility index (Phi) is 4.37. The molecule has 1 unspecified atom stereocenters. The standard InChI is InChI=1S/C15H16N2O3S/c1-3-15(14(19)20,11-7-5-4-6-8-11)17-13(18)12-9-16-10(2)21-12/h4-9H,3H2,1-2H3,(H,17,18)(H,19,20). The Morgan fingerprint density at radius 1 is 1.33 bits per heavy atom. The van der Waals surface area contributed by atoms with Crippen LogP contribution in [-0.2, 0) is 10.3 Å². The predicted molar refractivity (Wildman–Crippen MR) is 80.4 cm³/mol. The lowest BCUT2D eigenvalue weighted by atomic mass is 9.87. The number of thiazole rings is 1. The number of aromatic nitrogens is 1. The average Bonchev–Trinajstić information content (AvgIpc) is 2.92. The largest absolute Gasteiger partial charge is 0.479 e. The van der Waals surface area contributed by atoms with Gasteiger partial charge in [0.2, 0.25) is 0 Å². The fraction of sp³-hybridized carbons (Fsp3) is 0.267. The van der Waals surface area contributed by atoms with Gasteiger partial charge in [0.1, 0.15) is 4.88 Å². The normalized spacial score (nSPS) is 13.4. The molecule has 6 heteroatoms. The predicted octanol–water partition coefficient (Wildman–Crippen LogP) is 2.57. The van der Waals surface area contributed by atoms with E-state index in [0.717, 1.165) is 5.01 Å². The molecule has 2 N–H and O–H groups in total. The molecule has 0 aliphatic carbocycles. The smallest absolute Gasteiger partial charge is 0.334 e. The van der Waals surface area contributed by atoms with Crippen LogP contribution in [0.3, 0.4) is 0 Å². The lowest BCUT2D eigenvalue weighted by Crippen LogP contribution is -2.51. The molecule has 2 aromatic rings. The highest BCUT2D eigenvalue weighted by atomic mass is 32.1. The van der Waals surface area contributed by atoms with Gasteiger partial charge in [-0.2, -0.15) is 0 Å². The second kappa shape index (κ2) is 6.05. The van der Waals surface area contributed by atoms with Crippen LogP contribution >= 0.6 is 11.3 Å². The van der Waals surface area contributed by atoms with E-state index < -0.39 is 17.4 Å². The van der Waals surface area contributed by atoms with Crippen molar-refractivity contribution < 1.29 is 14.7 Å². The summed E-state index contributed by atoms with van der Waals surface area (Å²) in [6.07, 6.45) is 1.71. The van der Waals surface area contributed by atoms with Crippen molar-refractivity contribution in [2.24, 2.45) is 0 Å². The minimum absolute atomic E-state index is 0.246. The Balaban J connectivity index is 2.38. The highest BCUT2D eigenvalue weighted by Crippen LogP contribution is 2.26. The molecule has 21 heavy (non-hydrogen) atoms. The van der Waals surface area contributed by atoms with Crippen LogP contribution < -0.4 is 5.32 Å². The maximum Gasteiger partial charge on any atom is 0.334 e. The van der Waals surface area contributed by atoms with Crippen LogP contribution in [0.15, 0.2) is 36.5 Å². The van der Waals surface area contributed by atoms with Crippen molar-refractivity contribution in [3.8, 4) is 0 Å². The van der Waals surface area contributed by atoms with E-state index in [1.54, 1.807) is 44.2 Å². The van der Waals surface area contributed by atoms with E-state index in [0.29, 0.717) is 10.4 Å². The first kappa shape index (κ1) is 15.2. The maximum absolute atomic E-state index is 12.3. The molecular formula is C15H16N2O3S. The van der Waals surface area contributed by atoms with Gasteiger partial charge < -0.3 is 10.4 Å². The number of aliphatic carboxylic acids is 1. The van der Waals surface area contributed by atoms with Gasteiger partial charge in [-0.15, -0.1) is 11.3 Å². The number of carboxylic acids is 1. The molecule has 0 radical (unpaired) electrons. The van der Waals surface area contributed by atoms with E-state index in [1.165, 1.54) is 17.5 Å². The summed E-state index contributed by atoms with van der Waals surface area (Å²) in [6, 6.07) is 8.73. The maximum atomic E-state index is 12.3. The van der Waals surface area contributed by atoms with Crippen molar-refractivity contribution in [1.29, 1.82) is 0 Å². The van der Waals surface area contributed by atoms with E-state index in [2.05, 4.69) is 10.3 Å². The molecule has 1 aromatic carbocycles. The van der Waals surface area contributed by atoms with Crippen LogP contribution in [0, 0.1) is 6.92 Å². The second-order valence-corrected chi connectivity index (χ2v) is 5.86. The average molecular weight is 304 g/mol. The highest BCUT2D eigenvalue weighted by Gasteiger charge is 2.40. The SMILES string of the molecule is CCC(NC(=O)c1cnc(C)s1)(C(=O)O)c1ccccc1. The van der Waals surface area contributed by atoms with Crippen molar-refractivity contribution in [3.63, 3.8) is 0 Å². The first-order chi connectivity index (χ1) is 9.99. The summed E-state index contributed by atoms with van der Waals surface area (Å²) >= 11 is 1.24. The molecule has 0 aliphatic rings. The molecule has 0 fully saturated rings. The molecule has 1 aromatic heterocycles. The number of hydrogen-bond donors (Lipinski definition) is 2. The quantitative estimate of drug-likeness (QED) is 0.890. The number of nitrogens with zero attached hydrogens (tertiary/aromatic N) is 1. The summed E-state index contributed by atoms with van der Waals surface area (Å²) in [4.78, 5) is 28.5. The number of rotatable bonds is 5. The number of aryl methyl sites for hydroxylation is 1. The number of amides is 1. The Morgan fingerprint density at radius 3 is 2.48 bits per heavy atom. The molecule has 5 nitrogen and oxygen atoms in total. The van der Waals surface area contributed by atoms with Gasteiger partial charge in [-0.25, -0.2) is 9.78 Å². The Hall–Kier alpha value is -2.21. The van der Waals surface area contributed by atoms with Crippen molar-refractivity contribution in [2.75, 3.05) is 0 Å². The van der Waals surface area contributed by atoms with E-state index in [9.17, 15) is 14.7 Å². The van der Waals surface area contributed by atoms with Crippen molar-refractivity contribution >= 4 is 23.2 Å². The molecule has 2 rings (SSSR count). The van der Waals surface area contributed by atoms with Crippen LogP contribution in [0.1, 0.15) is 33.6 Å². The van der Waals surface area contributed by atoms with Crippen molar-refractivity contribution in [1.82, 2.24) is 10.3 Å². The first-order valence-electron chi connectivity index (χ1n) is 6.53. The van der Waals surface area contributed by atoms with Crippen molar-refractivity contribution in [2.45, 2.75) is 25.8 Å². The number of carbonyl (C=O) groups is 2. The highest BCUT2D eigenvalue weighted by molar-refractivity contribution is 7.13. The molecule has 0 saturated heterocycles. The molecule has 110 valence electrons. The lowest BCUT2D eigenvalue weighted by molar-refractivity contribution is -0.145. The molecule has 0 bridgehead atoms. The number of carbonyl (C=O) groups excluding carboxylic acids is 1. The van der Waals surface area contributed by atoms with Gasteiger partial charge >= 0.3 is 5.97 Å². The summed E-state index contributed by atoms with van der Waals surface area (Å²) in [5.74, 6) is -1.50. The summed E-state index contributed by atoms with van der Waals surface area (Å²) in [7, 11) is 0. The van der Waals surface area contributed by atoms with Crippen LogP contribution in [-0.4, -0.2) is 22.0 Å². The zero-order chi connectivity index (χ0) is 15.5. The first-order valence-corrected chi connectivity index (χ1v) is 7.35. The second-order valence-electron chi connectivity index (χ2n) is 4.63. The zero-order valence-electron chi connectivity index (χ0n) is 11.8. The minimum atomic E-state index is -1.43. The van der Waals surface area contributed by atoms with Gasteiger partial charge in [0.25, 0.3) is 5.91 Å². The van der Waals surface area contributed by atoms with E-state index in [1.807, 2.05) is 0 Å². The van der Waals surface area contributed by atoms with Crippen LogP contribution in [0.25, 0.3) is 0 Å². The monoisotopic (exact) mass is 304 g/mol.